The second kappa shape index (κ2) is 37.6. The Bertz CT molecular complexity index is 3570. The average Bonchev–Trinajstić information content (AvgIpc) is 0.832. The van der Waals surface area contributed by atoms with Crippen molar-refractivity contribution in [2.24, 2.45) is 0 Å². The van der Waals surface area contributed by atoms with E-state index >= 15 is 0 Å². The van der Waals surface area contributed by atoms with Gasteiger partial charge in [-0.15, -0.1) is 0 Å². The van der Waals surface area contributed by atoms with Gasteiger partial charge in [-0.25, -0.2) is 14.4 Å². The number of carbonyl (C=O) groups is 6. The minimum Gasteiger partial charge on any atom is -0.546 e. The molecule has 12 rings (SSSR count). The van der Waals surface area contributed by atoms with Crippen LogP contribution in [0.25, 0.3) is 0 Å². The Balaban J connectivity index is 0.000000194. The molecule has 0 aliphatic carbocycles. The van der Waals surface area contributed by atoms with E-state index in [0.717, 1.165) is 0 Å². The summed E-state index contributed by atoms with van der Waals surface area (Å²) in [5.74, 6) is -8.44. The minimum atomic E-state index is -2.11. The average molecular weight is 1600 g/mol. The molecule has 0 spiro atoms. The second-order valence-electron chi connectivity index (χ2n) is 22.4. The van der Waals surface area contributed by atoms with Crippen molar-refractivity contribution in [3.05, 3.63) is 431 Å². The van der Waals surface area contributed by atoms with E-state index in [2.05, 4.69) is 0 Å². The SMILES string of the molecule is O=C(O)C(O)(c1ccccc1)c1ccccc1.O=C(O)C(O)(c1ccccc1)c1ccccc1.O=C(O)C(O)(c1ccccc1)c1ccccc1.O=C([O-])C(O)(c1ccccc1)c1ccccc1.O=C([O-])C(O)(c1ccccc1)c1ccccc1.O=C([O-])C(O)(c1ccccc1)c1ccccc1.[U+3]. The number of benzene rings is 12. The summed E-state index contributed by atoms with van der Waals surface area (Å²) in [6, 6.07) is 99.5. The van der Waals surface area contributed by atoms with Crippen LogP contribution in [0, 0.1) is 31.1 Å². The molecule has 103 heavy (non-hydrogen) atoms. The van der Waals surface area contributed by atoms with Gasteiger partial charge < -0.3 is 75.7 Å². The van der Waals surface area contributed by atoms with Gasteiger partial charge in [0, 0.05) is 0 Å². The summed E-state index contributed by atoms with van der Waals surface area (Å²) in [6.07, 6.45) is 0. The van der Waals surface area contributed by atoms with Crippen LogP contribution in [0.5, 0.6) is 0 Å². The Morgan fingerprint density at radius 3 is 0.320 bits per heavy atom. The van der Waals surface area contributed by atoms with Crippen LogP contribution in [0.1, 0.15) is 66.8 Å². The molecule has 1 radical (unpaired) electrons. The number of aliphatic hydroxyl groups is 6. The molecule has 517 valence electrons. The molecule has 0 bridgehead atoms. The van der Waals surface area contributed by atoms with Gasteiger partial charge in [0.25, 0.3) is 0 Å². The summed E-state index contributed by atoms with van der Waals surface area (Å²) in [6.45, 7) is 0. The Hall–Kier alpha value is -11.7. The molecule has 0 saturated heterocycles. The summed E-state index contributed by atoms with van der Waals surface area (Å²) >= 11 is 0. The summed E-state index contributed by atoms with van der Waals surface area (Å²) in [5, 5.41) is 124. The fourth-order valence-electron chi connectivity index (χ4n) is 10.6. The van der Waals surface area contributed by atoms with E-state index in [4.69, 9.17) is 0 Å². The fourth-order valence-corrected chi connectivity index (χ4v) is 10.6. The normalized spacial score (nSPS) is 11.0. The molecule has 0 aliphatic rings. The molecular weight excluding hydrogens is 1530 g/mol. The van der Waals surface area contributed by atoms with Gasteiger partial charge in [-0.1, -0.05) is 364 Å². The molecule has 9 N–H and O–H groups in total. The summed E-state index contributed by atoms with van der Waals surface area (Å²) < 4.78 is 0. The first-order chi connectivity index (χ1) is 48.9. The molecule has 0 atom stereocenters. The fraction of sp³-hybridized carbons (Fsp3) is 0.0714. The van der Waals surface area contributed by atoms with E-state index in [-0.39, 0.29) is 64.5 Å². The van der Waals surface area contributed by atoms with E-state index < -0.39 is 69.4 Å². The van der Waals surface area contributed by atoms with Crippen LogP contribution in [-0.2, 0) is 62.4 Å². The maximum absolute atomic E-state index is 11.4. The van der Waals surface area contributed by atoms with Gasteiger partial charge in [-0.05, 0) is 66.8 Å². The molecule has 12 aromatic carbocycles. The predicted molar refractivity (Wildman–Crippen MR) is 373 cm³/mol. The van der Waals surface area contributed by atoms with E-state index in [1.54, 1.807) is 364 Å². The van der Waals surface area contributed by atoms with Crippen LogP contribution >= 0.6 is 0 Å². The first-order valence-electron chi connectivity index (χ1n) is 31.3. The van der Waals surface area contributed by atoms with Gasteiger partial charge in [0.15, 0.2) is 16.8 Å². The van der Waals surface area contributed by atoms with Crippen molar-refractivity contribution in [2.45, 2.75) is 33.6 Å². The van der Waals surface area contributed by atoms with Crippen LogP contribution in [-0.4, -0.2) is 81.8 Å². The van der Waals surface area contributed by atoms with Crippen LogP contribution in [0.15, 0.2) is 364 Å². The molecule has 12 aromatic rings. The smallest absolute Gasteiger partial charge is 0.546 e. The number of rotatable bonds is 18. The van der Waals surface area contributed by atoms with Gasteiger partial charge in [-0.2, -0.15) is 0 Å². The summed E-state index contributed by atoms with van der Waals surface area (Å²) in [5.41, 5.74) is -8.54. The van der Waals surface area contributed by atoms with Crippen molar-refractivity contribution < 1.29 is 121 Å². The van der Waals surface area contributed by atoms with E-state index in [1.807, 2.05) is 0 Å². The monoisotopic (exact) mass is 1600 g/mol. The Kier molecular flexibility index (Phi) is 29.3. The van der Waals surface area contributed by atoms with Crippen molar-refractivity contribution in [3.8, 4) is 0 Å². The predicted octanol–water partition coefficient (Wildman–Crippen LogP) is 8.04. The maximum atomic E-state index is 11.4. The zero-order valence-electron chi connectivity index (χ0n) is 54.8. The summed E-state index contributed by atoms with van der Waals surface area (Å²) in [4.78, 5) is 67.9. The number of carboxylic acid groups (broad SMARTS) is 6. The first kappa shape index (κ1) is 80.2. The molecule has 0 heterocycles. The summed E-state index contributed by atoms with van der Waals surface area (Å²) in [7, 11) is 0. The van der Waals surface area contributed by atoms with Gasteiger partial charge >= 0.3 is 49.0 Å². The molecule has 18 nitrogen and oxygen atoms in total. The number of hydrogen-bond donors (Lipinski definition) is 9. The van der Waals surface area contributed by atoms with Crippen molar-refractivity contribution in [1.29, 1.82) is 0 Å². The Morgan fingerprint density at radius 1 is 0.175 bits per heavy atom. The third kappa shape index (κ3) is 19.0. The number of carbonyl (C=O) groups excluding carboxylic acids is 3. The van der Waals surface area contributed by atoms with Crippen molar-refractivity contribution >= 4 is 35.8 Å². The zero-order valence-corrected chi connectivity index (χ0v) is 59.0. The zero-order chi connectivity index (χ0) is 73.8. The molecule has 0 aromatic heterocycles. The molecule has 0 aliphatic heterocycles. The minimum absolute atomic E-state index is 0. The van der Waals surface area contributed by atoms with Crippen LogP contribution in [0.2, 0.25) is 0 Å². The molecular formula is C84H69O18U. The van der Waals surface area contributed by atoms with Crippen LogP contribution in [0.4, 0.5) is 0 Å². The number of hydrogen-bond acceptors (Lipinski definition) is 15. The third-order valence-corrected chi connectivity index (χ3v) is 16.1. The third-order valence-electron chi connectivity index (χ3n) is 16.1. The number of aliphatic carboxylic acids is 6. The van der Waals surface area contributed by atoms with Gasteiger partial charge in [0.05, 0.1) is 17.9 Å². The maximum Gasteiger partial charge on any atom is 3.00 e. The molecule has 0 fully saturated rings. The standard InChI is InChI=1S/6C14H12O3.U/c6*15-13(16)14(17,11-7-3-1-4-8-11)12-9-5-2-6-10-12;/h6*1-10,17H,(H,15,16);/q;;;;;;+3/p-3. The number of carboxylic acids is 6. The quantitative estimate of drug-likeness (QED) is 0.0392. The molecule has 0 amide bonds. The van der Waals surface area contributed by atoms with Crippen molar-refractivity contribution in [2.75, 3.05) is 0 Å². The Labute approximate surface area is 617 Å². The topological polar surface area (TPSA) is 354 Å². The van der Waals surface area contributed by atoms with Gasteiger partial charge in [0.1, 0.15) is 0 Å². The molecule has 0 unspecified atom stereocenters. The van der Waals surface area contributed by atoms with Gasteiger partial charge in [-0.3, -0.25) is 0 Å². The largest absolute Gasteiger partial charge is 3.00 e. The van der Waals surface area contributed by atoms with Crippen molar-refractivity contribution in [1.82, 2.24) is 0 Å². The van der Waals surface area contributed by atoms with Gasteiger partial charge in [0.2, 0.25) is 16.8 Å². The van der Waals surface area contributed by atoms with Crippen LogP contribution in [0.3, 0.4) is 0 Å². The van der Waals surface area contributed by atoms with Crippen molar-refractivity contribution in [3.63, 3.8) is 0 Å². The Morgan fingerprint density at radius 2 is 0.252 bits per heavy atom. The van der Waals surface area contributed by atoms with E-state index in [9.17, 15) is 90.0 Å². The first-order valence-corrected chi connectivity index (χ1v) is 31.3. The van der Waals surface area contributed by atoms with E-state index in [1.165, 1.54) is 0 Å². The van der Waals surface area contributed by atoms with E-state index in [0.29, 0.717) is 33.4 Å². The molecule has 0 saturated carbocycles. The second-order valence-corrected chi connectivity index (χ2v) is 22.4. The molecule has 19 heteroatoms. The van der Waals surface area contributed by atoms with Crippen LogP contribution < -0.4 is 15.3 Å².